The maximum absolute atomic E-state index is 4.94. The van der Waals surface area contributed by atoms with Gasteiger partial charge >= 0.3 is 0 Å². The van der Waals surface area contributed by atoms with Gasteiger partial charge in [0, 0.05) is 6.92 Å². The van der Waals surface area contributed by atoms with Crippen LogP contribution in [0.4, 0.5) is 0 Å². The van der Waals surface area contributed by atoms with Gasteiger partial charge in [0.05, 0.1) is 6.54 Å². The molecule has 0 amide bonds. The molecule has 0 spiro atoms. The zero-order chi connectivity index (χ0) is 9.97. The molecule has 2 rings (SSSR count). The Bertz CT molecular complexity index is 289. The number of hydrogen-bond acceptors (Lipinski definition) is 4. The second-order valence-corrected chi connectivity index (χ2v) is 4.19. The standard InChI is InChI=1S/C10H17N3O/c1-8-3-5-13(6-4-8)7-10-11-9(2)14-12-10/h8H,3-7H2,1-2H3. The van der Waals surface area contributed by atoms with Gasteiger partial charge < -0.3 is 4.52 Å². The molecule has 1 aliphatic heterocycles. The molecule has 78 valence electrons. The smallest absolute Gasteiger partial charge is 0.223 e. The molecular formula is C10H17N3O. The molecule has 4 heteroatoms. The van der Waals surface area contributed by atoms with Crippen LogP contribution in [0, 0.1) is 12.8 Å². The number of piperidine rings is 1. The van der Waals surface area contributed by atoms with Crippen LogP contribution in [0.2, 0.25) is 0 Å². The van der Waals surface area contributed by atoms with E-state index in [1.807, 2.05) is 6.92 Å². The lowest BCUT2D eigenvalue weighted by Gasteiger charge is -2.28. The summed E-state index contributed by atoms with van der Waals surface area (Å²) >= 11 is 0. The van der Waals surface area contributed by atoms with Crippen LogP contribution in [0.25, 0.3) is 0 Å². The van der Waals surface area contributed by atoms with E-state index >= 15 is 0 Å². The Balaban J connectivity index is 1.86. The molecule has 0 aromatic carbocycles. The Hall–Kier alpha value is -0.900. The first-order valence-corrected chi connectivity index (χ1v) is 5.25. The van der Waals surface area contributed by atoms with Crippen molar-refractivity contribution in [3.8, 4) is 0 Å². The van der Waals surface area contributed by atoms with Crippen LogP contribution in [0.5, 0.6) is 0 Å². The van der Waals surface area contributed by atoms with E-state index in [1.54, 1.807) is 0 Å². The fourth-order valence-corrected chi connectivity index (χ4v) is 1.83. The van der Waals surface area contributed by atoms with Gasteiger partial charge in [-0.15, -0.1) is 0 Å². The van der Waals surface area contributed by atoms with E-state index < -0.39 is 0 Å². The summed E-state index contributed by atoms with van der Waals surface area (Å²) in [7, 11) is 0. The predicted octanol–water partition coefficient (Wildman–Crippen LogP) is 1.61. The van der Waals surface area contributed by atoms with Crippen LogP contribution in [0.3, 0.4) is 0 Å². The van der Waals surface area contributed by atoms with Crippen molar-refractivity contribution in [3.63, 3.8) is 0 Å². The van der Waals surface area contributed by atoms with E-state index in [0.717, 1.165) is 31.4 Å². The fraction of sp³-hybridized carbons (Fsp3) is 0.800. The molecule has 4 nitrogen and oxygen atoms in total. The van der Waals surface area contributed by atoms with Crippen molar-refractivity contribution in [1.29, 1.82) is 0 Å². The molecule has 1 saturated heterocycles. The maximum Gasteiger partial charge on any atom is 0.223 e. The summed E-state index contributed by atoms with van der Waals surface area (Å²) in [5.41, 5.74) is 0. The van der Waals surface area contributed by atoms with E-state index in [9.17, 15) is 0 Å². The Morgan fingerprint density at radius 2 is 2.14 bits per heavy atom. The highest BCUT2D eigenvalue weighted by molar-refractivity contribution is 4.85. The van der Waals surface area contributed by atoms with Crippen LogP contribution in [0.15, 0.2) is 4.52 Å². The summed E-state index contributed by atoms with van der Waals surface area (Å²) in [5, 5.41) is 3.90. The van der Waals surface area contributed by atoms with E-state index in [1.165, 1.54) is 12.8 Å². The molecule has 2 heterocycles. The highest BCUT2D eigenvalue weighted by atomic mass is 16.5. The number of likely N-dealkylation sites (tertiary alicyclic amines) is 1. The van der Waals surface area contributed by atoms with Crippen molar-refractivity contribution in [1.82, 2.24) is 15.0 Å². The minimum absolute atomic E-state index is 0.658. The molecule has 1 aromatic rings. The average molecular weight is 195 g/mol. The zero-order valence-corrected chi connectivity index (χ0v) is 8.86. The van der Waals surface area contributed by atoms with Gasteiger partial charge in [-0.3, -0.25) is 4.90 Å². The van der Waals surface area contributed by atoms with Gasteiger partial charge in [-0.25, -0.2) is 0 Å². The van der Waals surface area contributed by atoms with E-state index in [4.69, 9.17) is 4.52 Å². The summed E-state index contributed by atoms with van der Waals surface area (Å²) < 4.78 is 4.94. The molecule has 0 bridgehead atoms. The highest BCUT2D eigenvalue weighted by Gasteiger charge is 2.17. The van der Waals surface area contributed by atoms with Gasteiger partial charge in [0.1, 0.15) is 0 Å². The van der Waals surface area contributed by atoms with E-state index in [2.05, 4.69) is 22.0 Å². The lowest BCUT2D eigenvalue weighted by molar-refractivity contribution is 0.179. The van der Waals surface area contributed by atoms with Crippen molar-refractivity contribution in [2.75, 3.05) is 13.1 Å². The summed E-state index contributed by atoms with van der Waals surface area (Å²) in [6, 6.07) is 0. The first-order valence-electron chi connectivity index (χ1n) is 5.25. The van der Waals surface area contributed by atoms with E-state index in [-0.39, 0.29) is 0 Å². The Morgan fingerprint density at radius 3 is 2.71 bits per heavy atom. The lowest BCUT2D eigenvalue weighted by atomic mass is 9.99. The lowest BCUT2D eigenvalue weighted by Crippen LogP contribution is -2.32. The highest BCUT2D eigenvalue weighted by Crippen LogP contribution is 2.17. The van der Waals surface area contributed by atoms with Gasteiger partial charge in [0.15, 0.2) is 5.82 Å². The van der Waals surface area contributed by atoms with Crippen LogP contribution < -0.4 is 0 Å². The summed E-state index contributed by atoms with van der Waals surface area (Å²) in [6.45, 7) is 7.30. The molecule has 0 unspecified atom stereocenters. The van der Waals surface area contributed by atoms with Crippen LogP contribution >= 0.6 is 0 Å². The van der Waals surface area contributed by atoms with Gasteiger partial charge in [-0.1, -0.05) is 12.1 Å². The second-order valence-electron chi connectivity index (χ2n) is 4.19. The number of nitrogens with zero attached hydrogens (tertiary/aromatic N) is 3. The SMILES string of the molecule is Cc1nc(CN2CCC(C)CC2)no1. The molecule has 1 fully saturated rings. The maximum atomic E-state index is 4.94. The van der Waals surface area contributed by atoms with Crippen LogP contribution in [-0.4, -0.2) is 28.1 Å². The summed E-state index contributed by atoms with van der Waals surface area (Å²) in [5.74, 6) is 2.35. The molecule has 1 aromatic heterocycles. The zero-order valence-electron chi connectivity index (χ0n) is 8.86. The normalized spacial score (nSPS) is 20.1. The van der Waals surface area contributed by atoms with Gasteiger partial charge in [0.25, 0.3) is 0 Å². The van der Waals surface area contributed by atoms with Gasteiger partial charge in [-0.05, 0) is 31.8 Å². The molecule has 0 saturated carbocycles. The number of aryl methyl sites for hydroxylation is 1. The summed E-state index contributed by atoms with van der Waals surface area (Å²) in [4.78, 5) is 6.60. The quantitative estimate of drug-likeness (QED) is 0.719. The van der Waals surface area contributed by atoms with Crippen molar-refractivity contribution < 1.29 is 4.52 Å². The molecule has 0 atom stereocenters. The monoisotopic (exact) mass is 195 g/mol. The average Bonchev–Trinajstić information content (AvgIpc) is 2.56. The van der Waals surface area contributed by atoms with Crippen LogP contribution in [-0.2, 0) is 6.54 Å². The number of hydrogen-bond donors (Lipinski definition) is 0. The Labute approximate surface area is 84.3 Å². The van der Waals surface area contributed by atoms with Gasteiger partial charge in [0.2, 0.25) is 5.89 Å². The first-order chi connectivity index (χ1) is 6.74. The molecule has 0 radical (unpaired) electrons. The molecule has 14 heavy (non-hydrogen) atoms. The summed E-state index contributed by atoms with van der Waals surface area (Å²) in [6.07, 6.45) is 2.58. The second kappa shape index (κ2) is 4.09. The van der Waals surface area contributed by atoms with Gasteiger partial charge in [-0.2, -0.15) is 4.98 Å². The van der Waals surface area contributed by atoms with E-state index in [0.29, 0.717) is 5.89 Å². The third-order valence-corrected chi connectivity index (χ3v) is 2.81. The molecule has 0 aliphatic carbocycles. The largest absolute Gasteiger partial charge is 0.340 e. The molecule has 1 aliphatic rings. The number of aromatic nitrogens is 2. The minimum Gasteiger partial charge on any atom is -0.340 e. The molecular weight excluding hydrogens is 178 g/mol. The predicted molar refractivity (Wildman–Crippen MR) is 52.7 cm³/mol. The van der Waals surface area contributed by atoms with Crippen molar-refractivity contribution in [2.24, 2.45) is 5.92 Å². The van der Waals surface area contributed by atoms with Crippen molar-refractivity contribution >= 4 is 0 Å². The first kappa shape index (κ1) is 9.65. The molecule has 0 N–H and O–H groups in total. The van der Waals surface area contributed by atoms with Crippen LogP contribution in [0.1, 0.15) is 31.5 Å². The van der Waals surface area contributed by atoms with Crippen molar-refractivity contribution in [2.45, 2.75) is 33.2 Å². The fourth-order valence-electron chi connectivity index (χ4n) is 1.83. The third-order valence-electron chi connectivity index (χ3n) is 2.81. The Morgan fingerprint density at radius 1 is 1.43 bits per heavy atom. The third kappa shape index (κ3) is 2.32. The topological polar surface area (TPSA) is 42.2 Å². The Kier molecular flexibility index (Phi) is 2.82. The number of rotatable bonds is 2. The minimum atomic E-state index is 0.658. The van der Waals surface area contributed by atoms with Crippen molar-refractivity contribution in [3.05, 3.63) is 11.7 Å².